The zero-order valence-electron chi connectivity index (χ0n) is 16.1. The Hall–Kier alpha value is -2.77. The SMILES string of the molecule is CNC(=O)c1ccc(C2=NOC(c3cc(Cl)cc(Cl)c3)(C(F)(F)F)C2)c2ccccc12. The Morgan fingerprint density at radius 2 is 1.71 bits per heavy atom. The van der Waals surface area contributed by atoms with Crippen molar-refractivity contribution < 1.29 is 22.8 Å². The zero-order valence-corrected chi connectivity index (χ0v) is 17.6. The van der Waals surface area contributed by atoms with Crippen LogP contribution in [-0.2, 0) is 10.4 Å². The minimum Gasteiger partial charge on any atom is -0.374 e. The highest BCUT2D eigenvalue weighted by atomic mass is 35.5. The van der Waals surface area contributed by atoms with E-state index < -0.39 is 18.2 Å². The van der Waals surface area contributed by atoms with Crippen molar-refractivity contribution in [2.24, 2.45) is 5.16 Å². The number of nitrogens with one attached hydrogen (secondary N) is 1. The quantitative estimate of drug-likeness (QED) is 0.507. The molecule has 1 aliphatic rings. The standard InChI is InChI=1S/C22H15Cl2F3N2O2/c1-28-20(30)18-7-6-17(15-4-2-3-5-16(15)18)19-11-21(31-29-19,22(25,26)27)12-8-13(23)10-14(24)9-12/h2-10H,11H2,1H3,(H,28,30). The van der Waals surface area contributed by atoms with Crippen molar-refractivity contribution in [1.29, 1.82) is 0 Å². The molecule has 3 aromatic carbocycles. The van der Waals surface area contributed by atoms with Gasteiger partial charge < -0.3 is 10.2 Å². The van der Waals surface area contributed by atoms with Gasteiger partial charge >= 0.3 is 6.18 Å². The van der Waals surface area contributed by atoms with Crippen LogP contribution in [-0.4, -0.2) is 24.8 Å². The number of fused-ring (bicyclic) bond motifs is 1. The number of benzene rings is 3. The number of carbonyl (C=O) groups excluding carboxylic acids is 1. The lowest BCUT2D eigenvalue weighted by Gasteiger charge is -2.29. The van der Waals surface area contributed by atoms with Gasteiger partial charge in [-0.3, -0.25) is 4.79 Å². The van der Waals surface area contributed by atoms with Gasteiger partial charge in [0.25, 0.3) is 11.5 Å². The Bertz CT molecular complexity index is 1210. The van der Waals surface area contributed by atoms with E-state index in [4.69, 9.17) is 28.0 Å². The van der Waals surface area contributed by atoms with E-state index in [-0.39, 0.29) is 27.2 Å². The number of rotatable bonds is 3. The maximum Gasteiger partial charge on any atom is 0.435 e. The second-order valence-electron chi connectivity index (χ2n) is 7.07. The van der Waals surface area contributed by atoms with Crippen molar-refractivity contribution >= 4 is 45.6 Å². The molecule has 4 rings (SSSR count). The first-order valence-electron chi connectivity index (χ1n) is 9.19. The summed E-state index contributed by atoms with van der Waals surface area (Å²) in [5, 5.41) is 7.68. The second kappa shape index (κ2) is 7.73. The molecule has 0 saturated carbocycles. The van der Waals surface area contributed by atoms with Gasteiger partial charge in [0, 0.05) is 40.2 Å². The van der Waals surface area contributed by atoms with Gasteiger partial charge in [-0.25, -0.2) is 0 Å². The van der Waals surface area contributed by atoms with Gasteiger partial charge in [-0.05, 0) is 35.0 Å². The van der Waals surface area contributed by atoms with E-state index in [1.807, 2.05) is 0 Å². The molecule has 1 aliphatic heterocycles. The average molecular weight is 467 g/mol. The predicted molar refractivity (Wildman–Crippen MR) is 114 cm³/mol. The normalized spacial score (nSPS) is 18.6. The van der Waals surface area contributed by atoms with Gasteiger partial charge in [-0.15, -0.1) is 0 Å². The fourth-order valence-corrected chi connectivity index (χ4v) is 4.24. The molecule has 9 heteroatoms. The van der Waals surface area contributed by atoms with Crippen LogP contribution in [0.15, 0.2) is 59.8 Å². The van der Waals surface area contributed by atoms with Crippen LogP contribution in [0.25, 0.3) is 10.8 Å². The first-order chi connectivity index (χ1) is 14.7. The van der Waals surface area contributed by atoms with E-state index in [0.717, 1.165) is 0 Å². The van der Waals surface area contributed by atoms with Crippen LogP contribution in [0.1, 0.15) is 27.9 Å². The fourth-order valence-electron chi connectivity index (χ4n) is 3.72. The third kappa shape index (κ3) is 3.62. The molecule has 0 spiro atoms. The van der Waals surface area contributed by atoms with Crippen LogP contribution in [0, 0.1) is 0 Å². The molecule has 0 bridgehead atoms. The average Bonchev–Trinajstić information content (AvgIpc) is 3.18. The molecule has 0 fully saturated rings. The van der Waals surface area contributed by atoms with Gasteiger partial charge in [-0.2, -0.15) is 13.2 Å². The summed E-state index contributed by atoms with van der Waals surface area (Å²) in [6.07, 6.45) is -5.36. The molecule has 1 amide bonds. The minimum absolute atomic E-state index is 0.0588. The molecule has 0 radical (unpaired) electrons. The van der Waals surface area contributed by atoms with Gasteiger partial charge in [-0.1, -0.05) is 58.7 Å². The monoisotopic (exact) mass is 466 g/mol. The summed E-state index contributed by atoms with van der Waals surface area (Å²) in [5.41, 5.74) is -2.00. The minimum atomic E-state index is -4.79. The molecular weight excluding hydrogens is 452 g/mol. The number of halogens is 5. The lowest BCUT2D eigenvalue weighted by molar-refractivity contribution is -0.275. The maximum absolute atomic E-state index is 14.2. The van der Waals surface area contributed by atoms with Crippen LogP contribution in [0.5, 0.6) is 0 Å². The predicted octanol–water partition coefficient (Wildman–Crippen LogP) is 6.09. The van der Waals surface area contributed by atoms with Crippen molar-refractivity contribution in [2.75, 3.05) is 7.05 Å². The van der Waals surface area contributed by atoms with E-state index in [1.165, 1.54) is 25.2 Å². The summed E-state index contributed by atoms with van der Waals surface area (Å²) < 4.78 is 42.7. The van der Waals surface area contributed by atoms with Gasteiger partial charge in [0.2, 0.25) is 0 Å². The van der Waals surface area contributed by atoms with Gasteiger partial charge in [0.1, 0.15) is 0 Å². The third-order valence-electron chi connectivity index (χ3n) is 5.22. The Balaban J connectivity index is 1.83. The highest BCUT2D eigenvalue weighted by molar-refractivity contribution is 6.34. The van der Waals surface area contributed by atoms with Gasteiger partial charge in [0.05, 0.1) is 5.71 Å². The van der Waals surface area contributed by atoms with Crippen LogP contribution in [0.3, 0.4) is 0 Å². The lowest BCUT2D eigenvalue weighted by Crippen LogP contribution is -2.42. The van der Waals surface area contributed by atoms with Crippen molar-refractivity contribution in [3.05, 3.63) is 81.3 Å². The number of amides is 1. The molecule has 3 aromatic rings. The van der Waals surface area contributed by atoms with Crippen LogP contribution < -0.4 is 5.32 Å². The fraction of sp³-hybridized carbons (Fsp3) is 0.182. The first kappa shape index (κ1) is 21.5. The molecular formula is C22H15Cl2F3N2O2. The van der Waals surface area contributed by atoms with E-state index >= 15 is 0 Å². The number of hydrogen-bond donors (Lipinski definition) is 1. The summed E-state index contributed by atoms with van der Waals surface area (Å²) in [7, 11) is 1.51. The Morgan fingerprint density at radius 1 is 1.06 bits per heavy atom. The number of nitrogens with zero attached hydrogens (tertiary/aromatic N) is 1. The molecule has 0 saturated heterocycles. The van der Waals surface area contributed by atoms with Crippen LogP contribution in [0.4, 0.5) is 13.2 Å². The first-order valence-corrected chi connectivity index (χ1v) is 9.94. The molecule has 160 valence electrons. The summed E-state index contributed by atoms with van der Waals surface area (Å²) in [5.74, 6) is -0.300. The lowest BCUT2D eigenvalue weighted by atomic mass is 9.85. The van der Waals surface area contributed by atoms with Crippen LogP contribution in [0.2, 0.25) is 10.0 Å². The molecule has 1 atom stereocenters. The molecule has 0 aliphatic carbocycles. The van der Waals surface area contributed by atoms with E-state index in [1.54, 1.807) is 36.4 Å². The van der Waals surface area contributed by atoms with Crippen molar-refractivity contribution in [3.8, 4) is 0 Å². The molecule has 4 nitrogen and oxygen atoms in total. The molecule has 1 unspecified atom stereocenters. The summed E-state index contributed by atoms with van der Waals surface area (Å²) in [6, 6.07) is 13.8. The van der Waals surface area contributed by atoms with E-state index in [9.17, 15) is 18.0 Å². The molecule has 1 N–H and O–H groups in total. The Labute approximate surface area is 185 Å². The highest BCUT2D eigenvalue weighted by Gasteiger charge is 2.62. The molecule has 1 heterocycles. The van der Waals surface area contributed by atoms with Crippen molar-refractivity contribution in [3.63, 3.8) is 0 Å². The van der Waals surface area contributed by atoms with E-state index in [2.05, 4.69) is 10.5 Å². The second-order valence-corrected chi connectivity index (χ2v) is 7.95. The number of oxime groups is 1. The van der Waals surface area contributed by atoms with Crippen molar-refractivity contribution in [1.82, 2.24) is 5.32 Å². The highest BCUT2D eigenvalue weighted by Crippen LogP contribution is 2.50. The smallest absolute Gasteiger partial charge is 0.374 e. The van der Waals surface area contributed by atoms with Crippen LogP contribution >= 0.6 is 23.2 Å². The Kier molecular flexibility index (Phi) is 5.35. The third-order valence-corrected chi connectivity index (χ3v) is 5.66. The van der Waals surface area contributed by atoms with E-state index in [0.29, 0.717) is 21.9 Å². The van der Waals surface area contributed by atoms with Gasteiger partial charge in [0.15, 0.2) is 0 Å². The van der Waals surface area contributed by atoms with Crippen molar-refractivity contribution in [2.45, 2.75) is 18.2 Å². The topological polar surface area (TPSA) is 50.7 Å². The largest absolute Gasteiger partial charge is 0.435 e. The summed E-state index contributed by atoms with van der Waals surface area (Å²) in [6.45, 7) is 0. The number of carbonyl (C=O) groups is 1. The Morgan fingerprint density at radius 3 is 2.32 bits per heavy atom. The molecule has 31 heavy (non-hydrogen) atoms. The summed E-state index contributed by atoms with van der Waals surface area (Å²) >= 11 is 11.9. The zero-order chi connectivity index (χ0) is 22.4. The number of hydrogen-bond acceptors (Lipinski definition) is 3. The maximum atomic E-state index is 14.2. The molecule has 0 aromatic heterocycles. The summed E-state index contributed by atoms with van der Waals surface area (Å²) in [4.78, 5) is 17.3. The number of alkyl halides is 3.